The Kier molecular flexibility index (Phi) is 6.45. The highest BCUT2D eigenvalue weighted by atomic mass is 19.4. The van der Waals surface area contributed by atoms with Gasteiger partial charge in [0.05, 0.1) is 12.2 Å². The molecule has 1 amide bonds. The van der Waals surface area contributed by atoms with Crippen LogP contribution in [-0.4, -0.2) is 30.4 Å². The van der Waals surface area contributed by atoms with E-state index in [1.807, 2.05) is 12.1 Å². The molecule has 0 bridgehead atoms. The number of carbonyl (C=O) groups is 1. The van der Waals surface area contributed by atoms with Crippen LogP contribution in [0.3, 0.4) is 0 Å². The summed E-state index contributed by atoms with van der Waals surface area (Å²) in [4.78, 5) is 16.5. The monoisotopic (exact) mass is 368 g/mol. The fraction of sp³-hybridized carbons (Fsp3) is 0.474. The quantitative estimate of drug-likeness (QED) is 0.799. The summed E-state index contributed by atoms with van der Waals surface area (Å²) in [6.07, 6.45) is -2.29. The van der Waals surface area contributed by atoms with E-state index < -0.39 is 12.8 Å². The second-order valence-corrected chi connectivity index (χ2v) is 6.59. The summed E-state index contributed by atoms with van der Waals surface area (Å²) in [6, 6.07) is 7.10. The minimum atomic E-state index is -4.36. The Bertz CT molecular complexity index is 692. The van der Waals surface area contributed by atoms with Gasteiger partial charge in [-0.1, -0.05) is 26.0 Å². The topological polar surface area (TPSA) is 50.7 Å². The van der Waals surface area contributed by atoms with Gasteiger partial charge in [0.2, 0.25) is 0 Å². The molecule has 26 heavy (non-hydrogen) atoms. The van der Waals surface area contributed by atoms with Crippen LogP contribution in [0.2, 0.25) is 0 Å². The molecule has 1 N–H and O–H groups in total. The number of benzene rings is 1. The maximum Gasteiger partial charge on any atom is 0.422 e. The maximum atomic E-state index is 12.3. The predicted molar refractivity (Wildman–Crippen MR) is 94.2 cm³/mol. The number of nitrogens with one attached hydrogen (secondary N) is 1. The van der Waals surface area contributed by atoms with Crippen molar-refractivity contribution in [2.45, 2.75) is 51.7 Å². The van der Waals surface area contributed by atoms with E-state index in [0.29, 0.717) is 30.0 Å². The van der Waals surface area contributed by atoms with Crippen molar-refractivity contribution in [2.75, 3.05) is 6.61 Å². The molecule has 0 unspecified atom stereocenters. The molecule has 0 saturated carbocycles. The Balaban J connectivity index is 1.93. The Labute approximate surface area is 151 Å². The number of halogens is 3. The SMILES string of the molecule is CC(C)c1ccc(C(=O)N[C@@H](C)C2=NC=C(OCC(F)(F)F)CC2)cc1. The van der Waals surface area contributed by atoms with Crippen LogP contribution < -0.4 is 5.32 Å². The smallest absolute Gasteiger partial charge is 0.422 e. The standard InChI is InChI=1S/C19H23F3N2O2/c1-12(2)14-4-6-15(7-5-14)18(25)24-13(3)17-9-8-16(10-23-17)26-11-19(20,21)22/h4-7,10,12-13H,8-9,11H2,1-3H3,(H,24,25)/t13-/m0/s1. The van der Waals surface area contributed by atoms with Gasteiger partial charge in [-0.3, -0.25) is 9.79 Å². The van der Waals surface area contributed by atoms with Crippen LogP contribution in [0.1, 0.15) is 55.5 Å². The van der Waals surface area contributed by atoms with Gasteiger partial charge in [0.25, 0.3) is 5.91 Å². The zero-order chi connectivity index (χ0) is 19.3. The zero-order valence-corrected chi connectivity index (χ0v) is 15.1. The maximum absolute atomic E-state index is 12.3. The molecule has 1 aromatic rings. The Morgan fingerprint density at radius 2 is 1.85 bits per heavy atom. The number of aliphatic imine (C=N–C) groups is 1. The molecule has 1 atom stereocenters. The predicted octanol–water partition coefficient (Wildman–Crippen LogP) is 4.58. The third-order valence-corrected chi connectivity index (χ3v) is 4.11. The van der Waals surface area contributed by atoms with E-state index in [1.54, 1.807) is 19.1 Å². The lowest BCUT2D eigenvalue weighted by molar-refractivity contribution is -0.165. The first kappa shape index (κ1) is 20.0. The first-order valence-corrected chi connectivity index (χ1v) is 8.51. The van der Waals surface area contributed by atoms with Crippen LogP contribution in [-0.2, 0) is 4.74 Å². The highest BCUT2D eigenvalue weighted by Crippen LogP contribution is 2.21. The summed E-state index contributed by atoms with van der Waals surface area (Å²) in [6.45, 7) is 4.65. The molecule has 0 saturated heterocycles. The van der Waals surface area contributed by atoms with Crippen LogP contribution in [0.4, 0.5) is 13.2 Å². The van der Waals surface area contributed by atoms with Gasteiger partial charge >= 0.3 is 6.18 Å². The molecule has 142 valence electrons. The third-order valence-electron chi connectivity index (χ3n) is 4.11. The molecule has 0 aromatic heterocycles. The van der Waals surface area contributed by atoms with Gasteiger partial charge in [-0.2, -0.15) is 13.2 Å². The number of hydrogen-bond donors (Lipinski definition) is 1. The molecule has 2 rings (SSSR count). The molecule has 0 radical (unpaired) electrons. The Hall–Kier alpha value is -2.31. The van der Waals surface area contributed by atoms with Crippen molar-refractivity contribution in [3.63, 3.8) is 0 Å². The van der Waals surface area contributed by atoms with Gasteiger partial charge < -0.3 is 10.1 Å². The van der Waals surface area contributed by atoms with Crippen molar-refractivity contribution in [3.8, 4) is 0 Å². The van der Waals surface area contributed by atoms with Crippen molar-refractivity contribution in [2.24, 2.45) is 4.99 Å². The van der Waals surface area contributed by atoms with Crippen molar-refractivity contribution >= 4 is 11.6 Å². The Morgan fingerprint density at radius 1 is 1.19 bits per heavy atom. The first-order chi connectivity index (χ1) is 12.2. The highest BCUT2D eigenvalue weighted by Gasteiger charge is 2.29. The minimum absolute atomic E-state index is 0.203. The average Bonchev–Trinajstić information content (AvgIpc) is 2.59. The number of allylic oxidation sites excluding steroid dienone is 1. The van der Waals surface area contributed by atoms with Gasteiger partial charge in [0.1, 0.15) is 5.76 Å². The molecule has 4 nitrogen and oxygen atoms in total. The van der Waals surface area contributed by atoms with E-state index in [0.717, 1.165) is 5.56 Å². The number of hydrogen-bond acceptors (Lipinski definition) is 3. The largest absolute Gasteiger partial charge is 0.487 e. The minimum Gasteiger partial charge on any atom is -0.487 e. The van der Waals surface area contributed by atoms with Crippen molar-refractivity contribution < 1.29 is 22.7 Å². The van der Waals surface area contributed by atoms with Gasteiger partial charge in [-0.25, -0.2) is 0 Å². The summed E-state index contributed by atoms with van der Waals surface area (Å²) < 4.78 is 41.2. The number of carbonyl (C=O) groups excluding carboxylic acids is 1. The summed E-state index contributed by atoms with van der Waals surface area (Å²) in [5.41, 5.74) is 2.42. The van der Waals surface area contributed by atoms with E-state index >= 15 is 0 Å². The lowest BCUT2D eigenvalue weighted by Gasteiger charge is -2.20. The normalized spacial score (nSPS) is 16.0. The Morgan fingerprint density at radius 3 is 2.35 bits per heavy atom. The fourth-order valence-corrected chi connectivity index (χ4v) is 2.53. The van der Waals surface area contributed by atoms with Crippen molar-refractivity contribution in [3.05, 3.63) is 47.4 Å². The molecular formula is C19H23F3N2O2. The van der Waals surface area contributed by atoms with E-state index in [-0.39, 0.29) is 17.7 Å². The average molecular weight is 368 g/mol. The molecule has 0 aliphatic carbocycles. The number of amides is 1. The summed E-state index contributed by atoms with van der Waals surface area (Å²) in [7, 11) is 0. The molecule has 7 heteroatoms. The highest BCUT2D eigenvalue weighted by molar-refractivity contribution is 5.99. The van der Waals surface area contributed by atoms with Crippen LogP contribution >= 0.6 is 0 Å². The van der Waals surface area contributed by atoms with Gasteiger partial charge in [-0.15, -0.1) is 0 Å². The first-order valence-electron chi connectivity index (χ1n) is 8.51. The summed E-state index contributed by atoms with van der Waals surface area (Å²) in [5.74, 6) is 0.385. The summed E-state index contributed by atoms with van der Waals surface area (Å²) in [5, 5.41) is 2.87. The molecule has 1 aliphatic heterocycles. The molecule has 1 aromatic carbocycles. The van der Waals surface area contributed by atoms with Gasteiger partial charge in [-0.05, 0) is 37.0 Å². The number of alkyl halides is 3. The van der Waals surface area contributed by atoms with E-state index in [4.69, 9.17) is 4.74 Å². The number of rotatable bonds is 6. The summed E-state index contributed by atoms with van der Waals surface area (Å²) >= 11 is 0. The second-order valence-electron chi connectivity index (χ2n) is 6.59. The van der Waals surface area contributed by atoms with Crippen LogP contribution in [0.5, 0.6) is 0 Å². The van der Waals surface area contributed by atoms with Gasteiger partial charge in [0.15, 0.2) is 6.61 Å². The molecule has 1 heterocycles. The van der Waals surface area contributed by atoms with Crippen LogP contribution in [0.15, 0.2) is 41.2 Å². The number of ether oxygens (including phenoxy) is 1. The second kappa shape index (κ2) is 8.38. The van der Waals surface area contributed by atoms with Gasteiger partial charge in [0, 0.05) is 17.7 Å². The molecule has 1 aliphatic rings. The van der Waals surface area contributed by atoms with E-state index in [2.05, 4.69) is 24.2 Å². The molecule has 0 fully saturated rings. The molecule has 0 spiro atoms. The molecular weight excluding hydrogens is 345 g/mol. The zero-order valence-electron chi connectivity index (χ0n) is 15.1. The van der Waals surface area contributed by atoms with Crippen LogP contribution in [0, 0.1) is 0 Å². The lowest BCUT2D eigenvalue weighted by Crippen LogP contribution is -2.39. The lowest BCUT2D eigenvalue weighted by atomic mass is 10.0. The van der Waals surface area contributed by atoms with E-state index in [9.17, 15) is 18.0 Å². The van der Waals surface area contributed by atoms with E-state index in [1.165, 1.54) is 6.20 Å². The third kappa shape index (κ3) is 5.89. The van der Waals surface area contributed by atoms with Crippen molar-refractivity contribution in [1.82, 2.24) is 5.32 Å². The fourth-order valence-electron chi connectivity index (χ4n) is 2.53. The number of nitrogens with zero attached hydrogens (tertiary/aromatic N) is 1. The van der Waals surface area contributed by atoms with Crippen LogP contribution in [0.25, 0.3) is 0 Å². The van der Waals surface area contributed by atoms with Crippen molar-refractivity contribution in [1.29, 1.82) is 0 Å².